The van der Waals surface area contributed by atoms with Crippen LogP contribution in [0.3, 0.4) is 0 Å². The maximum Gasteiger partial charge on any atom is 0.0595 e. The van der Waals surface area contributed by atoms with Gasteiger partial charge in [0, 0.05) is 9.79 Å². The molecule has 0 spiro atoms. The maximum absolute atomic E-state index is 3.24. The molecular weight excluding hydrogens is 280 g/mol. The Morgan fingerprint density at radius 1 is 0.700 bits per heavy atom. The van der Waals surface area contributed by atoms with E-state index in [2.05, 4.69) is 74.2 Å². The molecule has 2 aromatic rings. The monoisotopic (exact) mass is 298 g/mol. The van der Waals surface area contributed by atoms with Gasteiger partial charge in [-0.05, 0) is 37.1 Å². The Morgan fingerprint density at radius 2 is 1.10 bits per heavy atom. The standard InChI is InChI=1S/C18H18S2/c1-15-9-3-5-11-17(15)19-13-7-8-14-20-18-12-6-4-10-16(18)2/h3-6,9-12H,13-14H2,1-2H3. The summed E-state index contributed by atoms with van der Waals surface area (Å²) < 4.78 is 0. The Bertz CT molecular complexity index is 567. The number of aryl methyl sites for hydroxylation is 2. The van der Waals surface area contributed by atoms with Gasteiger partial charge < -0.3 is 0 Å². The molecule has 0 atom stereocenters. The first-order valence-electron chi connectivity index (χ1n) is 6.60. The molecular formula is C18H18S2. The molecule has 0 unspecified atom stereocenters. The maximum atomic E-state index is 3.24. The molecule has 0 fully saturated rings. The van der Waals surface area contributed by atoms with Crippen LogP contribution < -0.4 is 0 Å². The van der Waals surface area contributed by atoms with Crippen molar-refractivity contribution in [3.05, 3.63) is 59.7 Å². The minimum atomic E-state index is 0.860. The summed E-state index contributed by atoms with van der Waals surface area (Å²) in [6.07, 6.45) is 0. The highest BCUT2D eigenvalue weighted by Gasteiger charge is 1.96. The van der Waals surface area contributed by atoms with Crippen LogP contribution in [0.5, 0.6) is 0 Å². The van der Waals surface area contributed by atoms with Crippen molar-refractivity contribution in [2.24, 2.45) is 0 Å². The second kappa shape index (κ2) is 8.09. The summed E-state index contributed by atoms with van der Waals surface area (Å²) in [5.74, 6) is 8.21. The molecule has 0 aliphatic carbocycles. The lowest BCUT2D eigenvalue weighted by atomic mass is 10.2. The quantitative estimate of drug-likeness (QED) is 0.562. The normalized spacial score (nSPS) is 9.90. The van der Waals surface area contributed by atoms with Crippen molar-refractivity contribution in [3.63, 3.8) is 0 Å². The molecule has 2 rings (SSSR count). The molecule has 0 saturated heterocycles. The molecule has 20 heavy (non-hydrogen) atoms. The highest BCUT2D eigenvalue weighted by Crippen LogP contribution is 2.22. The largest absolute Gasteiger partial charge is 0.113 e. The van der Waals surface area contributed by atoms with Crippen LogP contribution >= 0.6 is 23.5 Å². The number of rotatable bonds is 4. The lowest BCUT2D eigenvalue weighted by Gasteiger charge is -2.01. The summed E-state index contributed by atoms with van der Waals surface area (Å²) in [5.41, 5.74) is 2.65. The highest BCUT2D eigenvalue weighted by molar-refractivity contribution is 8.00. The molecule has 0 nitrogen and oxygen atoms in total. The van der Waals surface area contributed by atoms with Gasteiger partial charge in [-0.25, -0.2) is 0 Å². The minimum Gasteiger partial charge on any atom is -0.113 e. The predicted molar refractivity (Wildman–Crippen MR) is 91.6 cm³/mol. The van der Waals surface area contributed by atoms with E-state index in [9.17, 15) is 0 Å². The second-order valence-electron chi connectivity index (χ2n) is 4.46. The average molecular weight is 298 g/mol. The van der Waals surface area contributed by atoms with Gasteiger partial charge in [-0.2, -0.15) is 0 Å². The van der Waals surface area contributed by atoms with E-state index >= 15 is 0 Å². The van der Waals surface area contributed by atoms with Crippen molar-refractivity contribution < 1.29 is 0 Å². The molecule has 0 heterocycles. The van der Waals surface area contributed by atoms with E-state index in [1.807, 2.05) is 23.5 Å². The van der Waals surface area contributed by atoms with Crippen LogP contribution in [0.2, 0.25) is 0 Å². The van der Waals surface area contributed by atoms with Gasteiger partial charge in [0.15, 0.2) is 0 Å². The van der Waals surface area contributed by atoms with Crippen molar-refractivity contribution in [2.75, 3.05) is 11.5 Å². The highest BCUT2D eigenvalue weighted by atomic mass is 32.2. The zero-order valence-corrected chi connectivity index (χ0v) is 13.5. The molecule has 102 valence electrons. The first kappa shape index (κ1) is 15.1. The summed E-state index contributed by atoms with van der Waals surface area (Å²) in [6, 6.07) is 16.9. The van der Waals surface area contributed by atoms with E-state index < -0.39 is 0 Å². The van der Waals surface area contributed by atoms with Crippen LogP contribution in [0.25, 0.3) is 0 Å². The lowest BCUT2D eigenvalue weighted by molar-refractivity contribution is 1.30. The van der Waals surface area contributed by atoms with Crippen molar-refractivity contribution in [1.82, 2.24) is 0 Å². The summed E-state index contributed by atoms with van der Waals surface area (Å²) in [6.45, 7) is 4.29. The van der Waals surface area contributed by atoms with E-state index in [0.717, 1.165) is 11.5 Å². The van der Waals surface area contributed by atoms with Crippen LogP contribution in [0.15, 0.2) is 58.3 Å². The zero-order chi connectivity index (χ0) is 14.2. The van der Waals surface area contributed by atoms with Crippen LogP contribution in [-0.2, 0) is 0 Å². The van der Waals surface area contributed by atoms with Gasteiger partial charge in [0.1, 0.15) is 0 Å². The summed E-state index contributed by atoms with van der Waals surface area (Å²) in [4.78, 5) is 2.65. The number of benzene rings is 2. The fraction of sp³-hybridized carbons (Fsp3) is 0.222. The van der Waals surface area contributed by atoms with Gasteiger partial charge in [0.25, 0.3) is 0 Å². The Hall–Kier alpha value is -1.30. The minimum absolute atomic E-state index is 0.860. The third kappa shape index (κ3) is 4.67. The Morgan fingerprint density at radius 3 is 1.50 bits per heavy atom. The van der Waals surface area contributed by atoms with Gasteiger partial charge in [-0.1, -0.05) is 48.2 Å². The van der Waals surface area contributed by atoms with Gasteiger partial charge in [-0.15, -0.1) is 23.5 Å². The molecule has 0 saturated carbocycles. The van der Waals surface area contributed by atoms with Gasteiger partial charge in [-0.3, -0.25) is 0 Å². The molecule has 2 heteroatoms. The van der Waals surface area contributed by atoms with E-state index in [0.29, 0.717) is 0 Å². The third-order valence-corrected chi connectivity index (χ3v) is 5.03. The Balaban J connectivity index is 1.76. The van der Waals surface area contributed by atoms with E-state index in [4.69, 9.17) is 0 Å². The molecule has 0 amide bonds. The van der Waals surface area contributed by atoms with Gasteiger partial charge in [0.2, 0.25) is 0 Å². The van der Waals surface area contributed by atoms with Crippen LogP contribution in [0, 0.1) is 25.7 Å². The number of thioether (sulfide) groups is 2. The molecule has 0 N–H and O–H groups in total. The topological polar surface area (TPSA) is 0 Å². The summed E-state index contributed by atoms with van der Waals surface area (Å²) in [5, 5.41) is 0. The fourth-order valence-corrected chi connectivity index (χ4v) is 3.37. The number of hydrogen-bond donors (Lipinski definition) is 0. The SMILES string of the molecule is Cc1ccccc1SCC#CCSc1ccccc1C. The van der Waals surface area contributed by atoms with E-state index in [1.165, 1.54) is 20.9 Å². The number of hydrogen-bond acceptors (Lipinski definition) is 2. The first-order valence-corrected chi connectivity index (χ1v) is 8.57. The van der Waals surface area contributed by atoms with Crippen LogP contribution in [-0.4, -0.2) is 11.5 Å². The fourth-order valence-electron chi connectivity index (χ4n) is 1.77. The first-order chi connectivity index (χ1) is 9.77. The lowest BCUT2D eigenvalue weighted by Crippen LogP contribution is -1.81. The Labute approximate surface area is 130 Å². The summed E-state index contributed by atoms with van der Waals surface area (Å²) in [7, 11) is 0. The smallest absolute Gasteiger partial charge is 0.0595 e. The predicted octanol–water partition coefficient (Wildman–Crippen LogP) is 5.19. The van der Waals surface area contributed by atoms with Crippen LogP contribution in [0.4, 0.5) is 0 Å². The molecule has 0 aliphatic rings. The van der Waals surface area contributed by atoms with Crippen molar-refractivity contribution in [1.29, 1.82) is 0 Å². The molecule has 0 radical (unpaired) electrons. The van der Waals surface area contributed by atoms with Crippen molar-refractivity contribution >= 4 is 23.5 Å². The molecule has 2 aromatic carbocycles. The second-order valence-corrected chi connectivity index (χ2v) is 6.50. The van der Waals surface area contributed by atoms with Crippen molar-refractivity contribution in [2.45, 2.75) is 23.6 Å². The molecule has 0 aromatic heterocycles. The van der Waals surface area contributed by atoms with Gasteiger partial charge >= 0.3 is 0 Å². The van der Waals surface area contributed by atoms with Crippen LogP contribution in [0.1, 0.15) is 11.1 Å². The average Bonchev–Trinajstić information content (AvgIpc) is 2.46. The van der Waals surface area contributed by atoms with E-state index in [-0.39, 0.29) is 0 Å². The van der Waals surface area contributed by atoms with Crippen molar-refractivity contribution in [3.8, 4) is 11.8 Å². The summed E-state index contributed by atoms with van der Waals surface area (Å²) >= 11 is 3.63. The van der Waals surface area contributed by atoms with E-state index in [1.54, 1.807) is 0 Å². The zero-order valence-electron chi connectivity index (χ0n) is 11.8. The third-order valence-electron chi connectivity index (χ3n) is 2.91. The molecule has 0 bridgehead atoms. The molecule has 0 aliphatic heterocycles. The Kier molecular flexibility index (Phi) is 6.11. The van der Waals surface area contributed by atoms with Gasteiger partial charge in [0.05, 0.1) is 11.5 Å².